The second kappa shape index (κ2) is 8.02. The van der Waals surface area contributed by atoms with Crippen LogP contribution in [0.1, 0.15) is 36.3 Å². The van der Waals surface area contributed by atoms with Gasteiger partial charge in [-0.3, -0.25) is 4.68 Å². The molecule has 23 heavy (non-hydrogen) atoms. The minimum absolute atomic E-state index is 0.0664. The Hall–Kier alpha value is -2.01. The van der Waals surface area contributed by atoms with Gasteiger partial charge in [0.25, 0.3) is 0 Å². The Labute approximate surface area is 142 Å². The van der Waals surface area contributed by atoms with E-state index < -0.39 is 0 Å². The molecule has 6 heteroatoms. The number of nitrogens with one attached hydrogen (secondary N) is 2. The highest BCUT2D eigenvalue weighted by molar-refractivity contribution is 6.30. The van der Waals surface area contributed by atoms with Crippen molar-refractivity contribution in [2.45, 2.75) is 39.8 Å². The highest BCUT2D eigenvalue weighted by Gasteiger charge is 2.09. The van der Waals surface area contributed by atoms with E-state index in [-0.39, 0.29) is 12.1 Å². The zero-order valence-corrected chi connectivity index (χ0v) is 14.5. The first kappa shape index (κ1) is 17.3. The molecule has 1 heterocycles. The van der Waals surface area contributed by atoms with Gasteiger partial charge in [-0.1, -0.05) is 23.7 Å². The van der Waals surface area contributed by atoms with E-state index in [1.165, 1.54) is 0 Å². The van der Waals surface area contributed by atoms with Gasteiger partial charge >= 0.3 is 6.03 Å². The molecule has 2 rings (SSSR count). The van der Waals surface area contributed by atoms with E-state index in [2.05, 4.69) is 15.7 Å². The smallest absolute Gasteiger partial charge is 0.315 e. The molecule has 2 amide bonds. The predicted molar refractivity (Wildman–Crippen MR) is 92.7 cm³/mol. The van der Waals surface area contributed by atoms with Crippen LogP contribution < -0.4 is 10.6 Å². The molecule has 2 N–H and O–H groups in total. The molecule has 1 aromatic heterocycles. The number of benzene rings is 1. The zero-order valence-electron chi connectivity index (χ0n) is 13.8. The van der Waals surface area contributed by atoms with Gasteiger partial charge in [0.2, 0.25) is 0 Å². The van der Waals surface area contributed by atoms with E-state index in [1.54, 1.807) is 0 Å². The molecule has 0 saturated carbocycles. The number of amides is 2. The first-order valence-electron chi connectivity index (χ1n) is 7.76. The van der Waals surface area contributed by atoms with Gasteiger partial charge in [0, 0.05) is 23.8 Å². The van der Waals surface area contributed by atoms with Gasteiger partial charge in [-0.2, -0.15) is 5.10 Å². The van der Waals surface area contributed by atoms with Crippen LogP contribution in [0.4, 0.5) is 4.79 Å². The quantitative estimate of drug-likeness (QED) is 0.793. The number of carbonyl (C=O) groups is 1. The highest BCUT2D eigenvalue weighted by Crippen LogP contribution is 2.15. The standard InChI is InChI=1S/C17H23ClN4O/c1-12-11-13(2)22(21-12)10-4-9-19-17(23)20-14(3)15-5-7-16(18)8-6-15/h5-8,11,14H,4,9-10H2,1-3H3,(H2,19,20,23). The Balaban J connectivity index is 1.70. The molecule has 0 aliphatic carbocycles. The maximum atomic E-state index is 11.9. The van der Waals surface area contributed by atoms with Crippen molar-refractivity contribution >= 4 is 17.6 Å². The monoisotopic (exact) mass is 334 g/mol. The van der Waals surface area contributed by atoms with Gasteiger partial charge < -0.3 is 10.6 Å². The van der Waals surface area contributed by atoms with Crippen molar-refractivity contribution in [3.8, 4) is 0 Å². The van der Waals surface area contributed by atoms with E-state index in [9.17, 15) is 4.79 Å². The topological polar surface area (TPSA) is 59.0 Å². The third kappa shape index (κ3) is 5.28. The van der Waals surface area contributed by atoms with Crippen molar-refractivity contribution in [3.05, 3.63) is 52.3 Å². The van der Waals surface area contributed by atoms with Gasteiger partial charge in [-0.15, -0.1) is 0 Å². The fraction of sp³-hybridized carbons (Fsp3) is 0.412. The number of urea groups is 1. The zero-order chi connectivity index (χ0) is 16.8. The molecule has 124 valence electrons. The number of aromatic nitrogens is 2. The van der Waals surface area contributed by atoms with Crippen molar-refractivity contribution in [3.63, 3.8) is 0 Å². The molecule has 5 nitrogen and oxygen atoms in total. The third-order valence-corrected chi connectivity index (χ3v) is 3.91. The summed E-state index contributed by atoms with van der Waals surface area (Å²) in [5.74, 6) is 0. The number of carbonyl (C=O) groups excluding carboxylic acids is 1. The third-order valence-electron chi connectivity index (χ3n) is 3.65. The lowest BCUT2D eigenvalue weighted by atomic mass is 10.1. The maximum absolute atomic E-state index is 11.9. The van der Waals surface area contributed by atoms with Crippen LogP contribution in [0.3, 0.4) is 0 Å². The summed E-state index contributed by atoms with van der Waals surface area (Å²) in [6.07, 6.45) is 0.838. The van der Waals surface area contributed by atoms with Crippen LogP contribution in [0.25, 0.3) is 0 Å². The summed E-state index contributed by atoms with van der Waals surface area (Å²) in [5.41, 5.74) is 3.18. The second-order valence-corrected chi connectivity index (χ2v) is 6.11. The van der Waals surface area contributed by atoms with Crippen molar-refractivity contribution < 1.29 is 4.79 Å². The minimum Gasteiger partial charge on any atom is -0.338 e. The van der Waals surface area contributed by atoms with Crippen LogP contribution in [0.5, 0.6) is 0 Å². The predicted octanol–water partition coefficient (Wildman–Crippen LogP) is 3.60. The average molecular weight is 335 g/mol. The lowest BCUT2D eigenvalue weighted by molar-refractivity contribution is 0.237. The van der Waals surface area contributed by atoms with Crippen LogP contribution in [0.15, 0.2) is 30.3 Å². The highest BCUT2D eigenvalue weighted by atomic mass is 35.5. The largest absolute Gasteiger partial charge is 0.338 e. The summed E-state index contributed by atoms with van der Waals surface area (Å²) >= 11 is 5.86. The molecule has 1 unspecified atom stereocenters. The van der Waals surface area contributed by atoms with E-state index in [0.29, 0.717) is 11.6 Å². The molecule has 0 fully saturated rings. The van der Waals surface area contributed by atoms with Crippen LogP contribution in [-0.2, 0) is 6.54 Å². The number of nitrogens with zero attached hydrogens (tertiary/aromatic N) is 2. The molecular formula is C17H23ClN4O. The second-order valence-electron chi connectivity index (χ2n) is 5.68. The molecule has 1 atom stereocenters. The Kier molecular flexibility index (Phi) is 6.04. The van der Waals surface area contributed by atoms with Crippen LogP contribution in [0, 0.1) is 13.8 Å². The summed E-state index contributed by atoms with van der Waals surface area (Å²) < 4.78 is 1.96. The van der Waals surface area contributed by atoms with E-state index in [0.717, 1.165) is 29.9 Å². The summed E-state index contributed by atoms with van der Waals surface area (Å²) in [6, 6.07) is 9.28. The van der Waals surface area contributed by atoms with E-state index >= 15 is 0 Å². The first-order chi connectivity index (χ1) is 11.0. The first-order valence-corrected chi connectivity index (χ1v) is 8.14. The molecule has 0 saturated heterocycles. The van der Waals surface area contributed by atoms with Gasteiger partial charge in [-0.05, 0) is 51.0 Å². The molecule has 0 spiro atoms. The summed E-state index contributed by atoms with van der Waals surface area (Å²) in [5, 5.41) is 10.9. The normalized spacial score (nSPS) is 12.0. The number of hydrogen-bond acceptors (Lipinski definition) is 2. The van der Waals surface area contributed by atoms with Crippen molar-refractivity contribution in [2.24, 2.45) is 0 Å². The lowest BCUT2D eigenvalue weighted by Crippen LogP contribution is -2.37. The minimum atomic E-state index is -0.166. The van der Waals surface area contributed by atoms with Crippen molar-refractivity contribution in [1.29, 1.82) is 0 Å². The number of aryl methyl sites for hydroxylation is 3. The fourth-order valence-electron chi connectivity index (χ4n) is 2.41. The average Bonchev–Trinajstić information content (AvgIpc) is 2.82. The summed E-state index contributed by atoms with van der Waals surface area (Å²) in [7, 11) is 0. The Bertz CT molecular complexity index is 651. The van der Waals surface area contributed by atoms with Gasteiger partial charge in [0.05, 0.1) is 11.7 Å². The molecule has 0 radical (unpaired) electrons. The van der Waals surface area contributed by atoms with Gasteiger partial charge in [0.15, 0.2) is 0 Å². The summed E-state index contributed by atoms with van der Waals surface area (Å²) in [4.78, 5) is 11.9. The molecule has 0 bridgehead atoms. The molecule has 0 aliphatic heterocycles. The SMILES string of the molecule is Cc1cc(C)n(CCCNC(=O)NC(C)c2ccc(Cl)cc2)n1. The Morgan fingerprint density at radius 3 is 2.61 bits per heavy atom. The lowest BCUT2D eigenvalue weighted by Gasteiger charge is -2.15. The van der Waals surface area contributed by atoms with Crippen molar-refractivity contribution in [2.75, 3.05) is 6.54 Å². The van der Waals surface area contributed by atoms with Crippen LogP contribution >= 0.6 is 11.6 Å². The number of hydrogen-bond donors (Lipinski definition) is 2. The molecular weight excluding hydrogens is 312 g/mol. The van der Waals surface area contributed by atoms with Crippen LogP contribution in [-0.4, -0.2) is 22.4 Å². The van der Waals surface area contributed by atoms with Gasteiger partial charge in [0.1, 0.15) is 0 Å². The molecule has 0 aliphatic rings. The molecule has 2 aromatic rings. The summed E-state index contributed by atoms with van der Waals surface area (Å²) in [6.45, 7) is 7.37. The Morgan fingerprint density at radius 1 is 1.30 bits per heavy atom. The molecule has 1 aromatic carbocycles. The van der Waals surface area contributed by atoms with Gasteiger partial charge in [-0.25, -0.2) is 4.79 Å². The van der Waals surface area contributed by atoms with E-state index in [1.807, 2.05) is 55.8 Å². The number of halogens is 1. The fourth-order valence-corrected chi connectivity index (χ4v) is 2.54. The number of rotatable bonds is 6. The Morgan fingerprint density at radius 2 is 2.00 bits per heavy atom. The maximum Gasteiger partial charge on any atom is 0.315 e. The van der Waals surface area contributed by atoms with E-state index in [4.69, 9.17) is 11.6 Å². The van der Waals surface area contributed by atoms with Crippen LogP contribution in [0.2, 0.25) is 5.02 Å². The van der Waals surface area contributed by atoms with Crippen molar-refractivity contribution in [1.82, 2.24) is 20.4 Å².